The molecule has 0 spiro atoms. The SMILES string of the molecule is COc1ccc([C@H](O)CNS(=O)(=O)c2ccccc2)cc1OC. The zero-order valence-corrected chi connectivity index (χ0v) is 13.7. The van der Waals surface area contributed by atoms with Crippen molar-refractivity contribution in [2.45, 2.75) is 11.0 Å². The fourth-order valence-corrected chi connectivity index (χ4v) is 3.11. The molecule has 0 aliphatic rings. The number of methoxy groups -OCH3 is 2. The molecule has 6 nitrogen and oxygen atoms in total. The van der Waals surface area contributed by atoms with Crippen LogP contribution in [0.5, 0.6) is 11.5 Å². The number of aliphatic hydroxyl groups is 1. The summed E-state index contributed by atoms with van der Waals surface area (Å²) in [7, 11) is -0.650. The van der Waals surface area contributed by atoms with E-state index in [1.54, 1.807) is 36.4 Å². The highest BCUT2D eigenvalue weighted by atomic mass is 32.2. The predicted octanol–water partition coefficient (Wildman–Crippen LogP) is 1.72. The fraction of sp³-hybridized carbons (Fsp3) is 0.250. The lowest BCUT2D eigenvalue weighted by Crippen LogP contribution is -2.28. The standard InChI is InChI=1S/C16H19NO5S/c1-21-15-9-8-12(10-16(15)22-2)14(18)11-17-23(19,20)13-6-4-3-5-7-13/h3-10,14,17-18H,11H2,1-2H3/t14-/m1/s1. The molecule has 0 saturated heterocycles. The summed E-state index contributed by atoms with van der Waals surface area (Å²) in [6.45, 7) is -0.146. The zero-order valence-electron chi connectivity index (χ0n) is 12.9. The average molecular weight is 337 g/mol. The van der Waals surface area contributed by atoms with Crippen LogP contribution in [0.15, 0.2) is 53.4 Å². The molecule has 23 heavy (non-hydrogen) atoms. The molecule has 0 aliphatic heterocycles. The molecule has 0 unspecified atom stereocenters. The molecule has 0 radical (unpaired) electrons. The summed E-state index contributed by atoms with van der Waals surface area (Å²) in [5.41, 5.74) is 0.526. The van der Waals surface area contributed by atoms with Crippen LogP contribution < -0.4 is 14.2 Å². The van der Waals surface area contributed by atoms with Crippen molar-refractivity contribution in [1.29, 1.82) is 0 Å². The maximum atomic E-state index is 12.1. The zero-order chi connectivity index (χ0) is 16.9. The Morgan fingerprint density at radius 1 is 1.04 bits per heavy atom. The van der Waals surface area contributed by atoms with Crippen molar-refractivity contribution in [2.75, 3.05) is 20.8 Å². The summed E-state index contributed by atoms with van der Waals surface area (Å²) in [6, 6.07) is 12.9. The van der Waals surface area contributed by atoms with Crippen LogP contribution in [-0.2, 0) is 10.0 Å². The molecule has 2 aromatic rings. The smallest absolute Gasteiger partial charge is 0.240 e. The first-order valence-corrected chi connectivity index (χ1v) is 8.41. The predicted molar refractivity (Wildman–Crippen MR) is 86.1 cm³/mol. The van der Waals surface area contributed by atoms with Crippen LogP contribution in [-0.4, -0.2) is 34.3 Å². The third-order valence-electron chi connectivity index (χ3n) is 3.31. The molecular weight excluding hydrogens is 318 g/mol. The van der Waals surface area contributed by atoms with Crippen molar-refractivity contribution in [1.82, 2.24) is 4.72 Å². The van der Waals surface area contributed by atoms with Crippen molar-refractivity contribution < 1.29 is 23.0 Å². The van der Waals surface area contributed by atoms with Crippen LogP contribution in [0.25, 0.3) is 0 Å². The largest absolute Gasteiger partial charge is 0.493 e. The number of benzene rings is 2. The van der Waals surface area contributed by atoms with E-state index in [1.807, 2.05) is 0 Å². The molecule has 0 saturated carbocycles. The normalized spacial score (nSPS) is 12.7. The Morgan fingerprint density at radius 3 is 2.30 bits per heavy atom. The van der Waals surface area contributed by atoms with Crippen LogP contribution in [0, 0.1) is 0 Å². The summed E-state index contributed by atoms with van der Waals surface area (Å²) in [5.74, 6) is 1.00. The molecule has 2 aromatic carbocycles. The number of aliphatic hydroxyl groups excluding tert-OH is 1. The third kappa shape index (κ3) is 4.22. The van der Waals surface area contributed by atoms with E-state index in [1.165, 1.54) is 26.4 Å². The van der Waals surface area contributed by atoms with Gasteiger partial charge in [-0.3, -0.25) is 0 Å². The maximum Gasteiger partial charge on any atom is 0.240 e. The van der Waals surface area contributed by atoms with Crippen LogP contribution in [0.2, 0.25) is 0 Å². The van der Waals surface area contributed by atoms with Gasteiger partial charge < -0.3 is 14.6 Å². The first-order chi connectivity index (χ1) is 11.0. The van der Waals surface area contributed by atoms with Gasteiger partial charge in [0.25, 0.3) is 0 Å². The van der Waals surface area contributed by atoms with E-state index in [0.717, 1.165) is 0 Å². The Bertz CT molecular complexity index is 746. The molecule has 124 valence electrons. The number of ether oxygens (including phenoxy) is 2. The molecule has 0 fully saturated rings. The van der Waals surface area contributed by atoms with Gasteiger partial charge in [-0.1, -0.05) is 24.3 Å². The summed E-state index contributed by atoms with van der Waals surface area (Å²) in [4.78, 5) is 0.152. The molecule has 2 N–H and O–H groups in total. The van der Waals surface area contributed by atoms with E-state index in [9.17, 15) is 13.5 Å². The lowest BCUT2D eigenvalue weighted by molar-refractivity contribution is 0.181. The molecule has 0 aliphatic carbocycles. The fourth-order valence-electron chi connectivity index (χ4n) is 2.05. The Labute approximate surface area is 135 Å². The summed E-state index contributed by atoms with van der Waals surface area (Å²) >= 11 is 0. The lowest BCUT2D eigenvalue weighted by Gasteiger charge is -2.15. The topological polar surface area (TPSA) is 84.9 Å². The van der Waals surface area contributed by atoms with Crippen molar-refractivity contribution >= 4 is 10.0 Å². The minimum atomic E-state index is -3.66. The van der Waals surface area contributed by atoms with Gasteiger partial charge in [0.05, 0.1) is 25.2 Å². The van der Waals surface area contributed by atoms with Gasteiger partial charge in [-0.2, -0.15) is 0 Å². The van der Waals surface area contributed by atoms with Gasteiger partial charge in [0.2, 0.25) is 10.0 Å². The van der Waals surface area contributed by atoms with Crippen molar-refractivity contribution in [2.24, 2.45) is 0 Å². The summed E-state index contributed by atoms with van der Waals surface area (Å²) in [6.07, 6.45) is -1.01. The first kappa shape index (κ1) is 17.3. The highest BCUT2D eigenvalue weighted by Crippen LogP contribution is 2.29. The third-order valence-corrected chi connectivity index (χ3v) is 4.75. The van der Waals surface area contributed by atoms with E-state index in [2.05, 4.69) is 4.72 Å². The van der Waals surface area contributed by atoms with E-state index >= 15 is 0 Å². The van der Waals surface area contributed by atoms with Crippen LogP contribution in [0.3, 0.4) is 0 Å². The van der Waals surface area contributed by atoms with Crippen molar-refractivity contribution in [3.05, 3.63) is 54.1 Å². The molecular formula is C16H19NO5S. The maximum absolute atomic E-state index is 12.1. The second-order valence-corrected chi connectivity index (χ2v) is 6.56. The average Bonchev–Trinajstić information content (AvgIpc) is 2.59. The Kier molecular flexibility index (Phi) is 5.59. The van der Waals surface area contributed by atoms with Crippen LogP contribution in [0.1, 0.15) is 11.7 Å². The second-order valence-electron chi connectivity index (χ2n) is 4.80. The molecule has 7 heteroatoms. The monoisotopic (exact) mass is 337 g/mol. The van der Waals surface area contributed by atoms with Gasteiger partial charge in [-0.15, -0.1) is 0 Å². The molecule has 0 heterocycles. The van der Waals surface area contributed by atoms with Gasteiger partial charge in [-0.25, -0.2) is 13.1 Å². The molecule has 0 bridgehead atoms. The molecule has 2 rings (SSSR count). The van der Waals surface area contributed by atoms with E-state index in [-0.39, 0.29) is 11.4 Å². The van der Waals surface area contributed by atoms with E-state index in [0.29, 0.717) is 17.1 Å². The quantitative estimate of drug-likeness (QED) is 0.803. The lowest BCUT2D eigenvalue weighted by atomic mass is 10.1. The number of nitrogens with one attached hydrogen (secondary N) is 1. The van der Waals surface area contributed by atoms with Crippen molar-refractivity contribution in [3.8, 4) is 11.5 Å². The Hall–Kier alpha value is -2.09. The number of sulfonamides is 1. The first-order valence-electron chi connectivity index (χ1n) is 6.92. The Balaban J connectivity index is 2.09. The van der Waals surface area contributed by atoms with Gasteiger partial charge in [0.15, 0.2) is 11.5 Å². The van der Waals surface area contributed by atoms with Gasteiger partial charge >= 0.3 is 0 Å². The van der Waals surface area contributed by atoms with E-state index < -0.39 is 16.1 Å². The van der Waals surface area contributed by atoms with Gasteiger partial charge in [-0.05, 0) is 29.8 Å². The summed E-state index contributed by atoms with van der Waals surface area (Å²) < 4.78 is 36.9. The Morgan fingerprint density at radius 2 is 1.70 bits per heavy atom. The van der Waals surface area contributed by atoms with Crippen LogP contribution in [0.4, 0.5) is 0 Å². The molecule has 1 atom stereocenters. The van der Waals surface area contributed by atoms with Crippen LogP contribution >= 0.6 is 0 Å². The highest BCUT2D eigenvalue weighted by Gasteiger charge is 2.17. The number of hydrogen-bond acceptors (Lipinski definition) is 5. The molecule has 0 aromatic heterocycles. The van der Waals surface area contributed by atoms with Crippen molar-refractivity contribution in [3.63, 3.8) is 0 Å². The summed E-state index contributed by atoms with van der Waals surface area (Å²) in [5, 5.41) is 10.2. The second kappa shape index (κ2) is 7.45. The number of hydrogen-bond donors (Lipinski definition) is 2. The number of rotatable bonds is 7. The van der Waals surface area contributed by atoms with E-state index in [4.69, 9.17) is 9.47 Å². The van der Waals surface area contributed by atoms with Gasteiger partial charge in [0.1, 0.15) is 0 Å². The van der Waals surface area contributed by atoms with Gasteiger partial charge in [0, 0.05) is 6.54 Å². The minimum absolute atomic E-state index is 0.146. The molecule has 0 amide bonds. The minimum Gasteiger partial charge on any atom is -0.493 e. The highest BCUT2D eigenvalue weighted by molar-refractivity contribution is 7.89.